The van der Waals surface area contributed by atoms with Gasteiger partial charge in [0.1, 0.15) is 0 Å². The van der Waals surface area contributed by atoms with Crippen LogP contribution in [-0.2, 0) is 0 Å². The Balaban J connectivity index is 1.82. The molecule has 1 aliphatic heterocycles. The number of amides is 2. The van der Waals surface area contributed by atoms with Crippen molar-refractivity contribution < 1.29 is 13.6 Å². The lowest BCUT2D eigenvalue weighted by atomic mass is 10.0. The highest BCUT2D eigenvalue weighted by molar-refractivity contribution is 7.99. The third-order valence-electron chi connectivity index (χ3n) is 4.79. The molecule has 1 heterocycles. The molecule has 0 atom stereocenters. The maximum absolute atomic E-state index is 12.6. The van der Waals surface area contributed by atoms with E-state index in [1.807, 2.05) is 0 Å². The normalized spacial score (nSPS) is 16.3. The van der Waals surface area contributed by atoms with Gasteiger partial charge in [-0.15, -0.1) is 0 Å². The van der Waals surface area contributed by atoms with Gasteiger partial charge in [-0.3, -0.25) is 0 Å². The van der Waals surface area contributed by atoms with Crippen LogP contribution >= 0.6 is 11.8 Å². The molecule has 0 unspecified atom stereocenters. The molecule has 0 spiro atoms. The van der Waals surface area contributed by atoms with E-state index in [-0.39, 0.29) is 6.03 Å². The fourth-order valence-corrected chi connectivity index (χ4v) is 3.60. The Hall–Kier alpha value is -1.38. The number of thioether (sulfide) groups is 1. The van der Waals surface area contributed by atoms with E-state index in [0.29, 0.717) is 34.9 Å². The van der Waals surface area contributed by atoms with Crippen LogP contribution in [-0.4, -0.2) is 79.9 Å². The van der Waals surface area contributed by atoms with Gasteiger partial charge in [-0.2, -0.15) is 8.78 Å². The number of piperidine rings is 1. The summed E-state index contributed by atoms with van der Waals surface area (Å²) in [5.74, 6) is -2.52. The molecule has 5 nitrogen and oxygen atoms in total. The lowest BCUT2D eigenvalue weighted by Gasteiger charge is -2.35. The highest BCUT2D eigenvalue weighted by atomic mass is 32.2. The van der Waals surface area contributed by atoms with Crippen LogP contribution in [0.3, 0.4) is 0 Å². The standard InChI is InChI=1S/C18H28F2N4OS/c1-22-10-8-14(9-11-22)23(2)12-13-24(3)18(25)21-15-6-4-5-7-16(15)26-17(19)20/h4-7,14,17H,8-13H2,1-3H3,(H,21,25). The summed E-state index contributed by atoms with van der Waals surface area (Å²) < 4.78 is 25.3. The first-order chi connectivity index (χ1) is 12.4. The van der Waals surface area contributed by atoms with Crippen molar-refractivity contribution in [3.63, 3.8) is 0 Å². The van der Waals surface area contributed by atoms with Crippen molar-refractivity contribution in [1.29, 1.82) is 0 Å². The zero-order chi connectivity index (χ0) is 19.1. The SMILES string of the molecule is CN1CCC(N(C)CCN(C)C(=O)Nc2ccccc2SC(F)F)CC1. The summed E-state index contributed by atoms with van der Waals surface area (Å²) in [5, 5.41) is 2.73. The van der Waals surface area contributed by atoms with E-state index in [9.17, 15) is 13.6 Å². The zero-order valence-electron chi connectivity index (χ0n) is 15.6. The average Bonchev–Trinajstić information content (AvgIpc) is 2.61. The van der Waals surface area contributed by atoms with E-state index >= 15 is 0 Å². The molecule has 2 amide bonds. The van der Waals surface area contributed by atoms with Gasteiger partial charge >= 0.3 is 6.03 Å². The van der Waals surface area contributed by atoms with E-state index in [4.69, 9.17) is 0 Å². The number of rotatable bonds is 7. The van der Waals surface area contributed by atoms with Gasteiger partial charge in [0.25, 0.3) is 5.76 Å². The number of alkyl halides is 2. The lowest BCUT2D eigenvalue weighted by Crippen LogP contribution is -2.45. The Kier molecular flexibility index (Phi) is 8.12. The average molecular weight is 387 g/mol. The Morgan fingerprint density at radius 2 is 1.92 bits per heavy atom. The van der Waals surface area contributed by atoms with E-state index in [1.165, 1.54) is 0 Å². The van der Waals surface area contributed by atoms with Gasteiger partial charge in [-0.1, -0.05) is 23.9 Å². The molecule has 1 aromatic rings. The summed E-state index contributed by atoms with van der Waals surface area (Å²) in [6, 6.07) is 6.89. The van der Waals surface area contributed by atoms with Gasteiger partial charge in [-0.25, -0.2) is 4.79 Å². The summed E-state index contributed by atoms with van der Waals surface area (Å²) in [6.07, 6.45) is 2.28. The van der Waals surface area contributed by atoms with Gasteiger partial charge in [0.2, 0.25) is 0 Å². The summed E-state index contributed by atoms with van der Waals surface area (Å²) in [4.78, 5) is 19.0. The number of hydrogen-bond donors (Lipinski definition) is 1. The molecular formula is C18H28F2N4OS. The number of carbonyl (C=O) groups excluding carboxylic acids is 1. The van der Waals surface area contributed by atoms with Gasteiger partial charge in [0.05, 0.1) is 5.69 Å². The fourth-order valence-electron chi connectivity index (χ4n) is 3.01. The predicted molar refractivity (Wildman–Crippen MR) is 103 cm³/mol. The first kappa shape index (κ1) is 20.9. The molecule has 2 rings (SSSR count). The van der Waals surface area contributed by atoms with E-state index in [1.54, 1.807) is 36.2 Å². The minimum absolute atomic E-state index is 0.288. The number of hydrogen-bond acceptors (Lipinski definition) is 4. The number of urea groups is 1. The molecule has 1 aliphatic rings. The van der Waals surface area contributed by atoms with Crippen molar-refractivity contribution in [2.45, 2.75) is 29.5 Å². The van der Waals surface area contributed by atoms with Gasteiger partial charge in [0.15, 0.2) is 0 Å². The minimum Gasteiger partial charge on any atom is -0.326 e. The molecule has 0 aromatic heterocycles. The summed E-state index contributed by atoms with van der Waals surface area (Å²) in [7, 11) is 5.95. The van der Waals surface area contributed by atoms with Crippen molar-refractivity contribution in [3.05, 3.63) is 24.3 Å². The second-order valence-corrected chi connectivity index (χ2v) is 7.77. The second-order valence-electron chi connectivity index (χ2n) is 6.74. The Labute approximate surface area is 158 Å². The topological polar surface area (TPSA) is 38.8 Å². The molecular weight excluding hydrogens is 358 g/mol. The van der Waals surface area contributed by atoms with Crippen LogP contribution in [0, 0.1) is 0 Å². The molecule has 0 saturated carbocycles. The van der Waals surface area contributed by atoms with Crippen molar-refractivity contribution in [2.75, 3.05) is 52.6 Å². The Morgan fingerprint density at radius 3 is 2.58 bits per heavy atom. The fraction of sp³-hybridized carbons (Fsp3) is 0.611. The largest absolute Gasteiger partial charge is 0.326 e. The molecule has 1 aromatic carbocycles. The Bertz CT molecular complexity index is 582. The Morgan fingerprint density at radius 1 is 1.27 bits per heavy atom. The molecule has 26 heavy (non-hydrogen) atoms. The second kappa shape index (κ2) is 10.1. The number of anilines is 1. The first-order valence-corrected chi connectivity index (χ1v) is 9.69. The van der Waals surface area contributed by atoms with Gasteiger partial charge in [-0.05, 0) is 52.2 Å². The smallest absolute Gasteiger partial charge is 0.321 e. The van der Waals surface area contributed by atoms with Crippen LogP contribution in [0.25, 0.3) is 0 Å². The molecule has 0 aliphatic carbocycles. The third-order valence-corrected chi connectivity index (χ3v) is 5.58. The molecule has 0 radical (unpaired) electrons. The number of nitrogens with zero attached hydrogens (tertiary/aromatic N) is 3. The van der Waals surface area contributed by atoms with Crippen molar-refractivity contribution in [2.24, 2.45) is 0 Å². The maximum atomic E-state index is 12.6. The van der Waals surface area contributed by atoms with E-state index < -0.39 is 5.76 Å². The monoisotopic (exact) mass is 386 g/mol. The summed E-state index contributed by atoms with van der Waals surface area (Å²) >= 11 is 0.437. The molecule has 1 N–H and O–H groups in total. The van der Waals surface area contributed by atoms with Crippen molar-refractivity contribution in [1.82, 2.24) is 14.7 Å². The highest BCUT2D eigenvalue weighted by Gasteiger charge is 2.21. The maximum Gasteiger partial charge on any atom is 0.321 e. The summed E-state index contributed by atoms with van der Waals surface area (Å²) in [6.45, 7) is 3.57. The lowest BCUT2D eigenvalue weighted by molar-refractivity contribution is 0.136. The zero-order valence-corrected chi connectivity index (χ0v) is 16.4. The van der Waals surface area contributed by atoms with Crippen LogP contribution in [0.5, 0.6) is 0 Å². The first-order valence-electron chi connectivity index (χ1n) is 8.81. The number of nitrogens with one attached hydrogen (secondary N) is 1. The predicted octanol–water partition coefficient (Wildman–Crippen LogP) is 3.49. The number of halogens is 2. The van der Waals surface area contributed by atoms with Crippen LogP contribution in [0.1, 0.15) is 12.8 Å². The summed E-state index contributed by atoms with van der Waals surface area (Å²) in [5.41, 5.74) is 0.415. The van der Waals surface area contributed by atoms with Crippen LogP contribution in [0.15, 0.2) is 29.2 Å². The van der Waals surface area contributed by atoms with Crippen LogP contribution in [0.4, 0.5) is 19.3 Å². The van der Waals surface area contributed by atoms with Gasteiger partial charge < -0.3 is 20.0 Å². The highest BCUT2D eigenvalue weighted by Crippen LogP contribution is 2.31. The van der Waals surface area contributed by atoms with E-state index in [2.05, 4.69) is 29.2 Å². The van der Waals surface area contributed by atoms with Crippen molar-refractivity contribution in [3.8, 4) is 0 Å². The number of carbonyl (C=O) groups is 1. The van der Waals surface area contributed by atoms with Crippen LogP contribution in [0.2, 0.25) is 0 Å². The van der Waals surface area contributed by atoms with E-state index in [0.717, 1.165) is 32.5 Å². The molecule has 0 bridgehead atoms. The number of likely N-dealkylation sites (tertiary alicyclic amines) is 1. The van der Waals surface area contributed by atoms with Gasteiger partial charge in [0, 0.05) is 31.1 Å². The molecule has 1 saturated heterocycles. The number of para-hydroxylation sites is 1. The molecule has 146 valence electrons. The molecule has 1 fully saturated rings. The number of benzene rings is 1. The molecule has 8 heteroatoms. The van der Waals surface area contributed by atoms with Crippen LogP contribution < -0.4 is 5.32 Å². The number of likely N-dealkylation sites (N-methyl/N-ethyl adjacent to an activating group) is 2. The third kappa shape index (κ3) is 6.41. The quantitative estimate of drug-likeness (QED) is 0.728. The minimum atomic E-state index is -2.52. The van der Waals surface area contributed by atoms with Crippen molar-refractivity contribution >= 4 is 23.5 Å².